The summed E-state index contributed by atoms with van der Waals surface area (Å²) >= 11 is 0. The maximum Gasteiger partial charge on any atom is 0.351 e. The van der Waals surface area contributed by atoms with Crippen LogP contribution in [0, 0.1) is 0 Å². The molecule has 1 aromatic rings. The highest BCUT2D eigenvalue weighted by Crippen LogP contribution is 2.41. The molecule has 0 amide bonds. The zero-order chi connectivity index (χ0) is 28.4. The van der Waals surface area contributed by atoms with Crippen LogP contribution in [0.15, 0.2) is 29.2 Å². The van der Waals surface area contributed by atoms with E-state index >= 15 is 0 Å². The van der Waals surface area contributed by atoms with Gasteiger partial charge in [-0.2, -0.15) is 13.8 Å². The Morgan fingerprint density at radius 3 is 2.13 bits per heavy atom. The van der Waals surface area contributed by atoms with Gasteiger partial charge in [0, 0.05) is 12.6 Å². The molecule has 218 valence electrons. The zero-order valence-corrected chi connectivity index (χ0v) is 22.4. The lowest BCUT2D eigenvalue weighted by atomic mass is 10.1. The van der Waals surface area contributed by atoms with E-state index < -0.39 is 42.6 Å². The number of unbranched alkanes of at least 4 members (excludes halogenated alkanes) is 11. The summed E-state index contributed by atoms with van der Waals surface area (Å²) in [7, 11) is 0. The smallest absolute Gasteiger partial charge is 0.351 e. The fourth-order valence-electron chi connectivity index (χ4n) is 4.07. The first-order chi connectivity index (χ1) is 18.1. The van der Waals surface area contributed by atoms with Gasteiger partial charge in [0.25, 0.3) is 0 Å². The number of halogens is 2. The first kappa shape index (κ1) is 33.7. The Kier molecular flexibility index (Phi) is 16.7. The van der Waals surface area contributed by atoms with Gasteiger partial charge >= 0.3 is 17.6 Å². The van der Waals surface area contributed by atoms with Gasteiger partial charge in [-0.25, -0.2) is 4.79 Å². The molecule has 11 heteroatoms. The maximum absolute atomic E-state index is 13.7. The number of nitrogens with two attached hydrogens (primary N) is 1. The number of aliphatic carboxylic acids is 1. The van der Waals surface area contributed by atoms with E-state index in [1.807, 2.05) is 0 Å². The lowest BCUT2D eigenvalue weighted by Gasteiger charge is -2.20. The van der Waals surface area contributed by atoms with Crippen LogP contribution >= 0.6 is 0 Å². The molecule has 0 radical (unpaired) electrons. The molecular formula is C27H45F2N3O6. The van der Waals surface area contributed by atoms with Gasteiger partial charge in [0.05, 0.1) is 6.61 Å². The maximum atomic E-state index is 13.7. The van der Waals surface area contributed by atoms with Gasteiger partial charge in [0.15, 0.2) is 6.10 Å². The molecule has 1 aromatic heterocycles. The van der Waals surface area contributed by atoms with E-state index in [2.05, 4.69) is 24.1 Å². The van der Waals surface area contributed by atoms with Crippen molar-refractivity contribution in [3.8, 4) is 0 Å². The number of hydrogen-bond acceptors (Lipinski definition) is 7. The quantitative estimate of drug-likeness (QED) is 0.161. The molecule has 1 aliphatic heterocycles. The Bertz CT molecular complexity index is 881. The second-order valence-electron chi connectivity index (χ2n) is 9.60. The molecule has 2 heterocycles. The van der Waals surface area contributed by atoms with Crippen LogP contribution in [-0.4, -0.2) is 55.6 Å². The number of allylic oxidation sites excluding steroid dienone is 2. The number of anilines is 1. The van der Waals surface area contributed by atoms with Gasteiger partial charge in [-0.3, -0.25) is 9.36 Å². The number of aromatic nitrogens is 2. The molecule has 5 N–H and O–H groups in total. The second-order valence-corrected chi connectivity index (χ2v) is 9.60. The summed E-state index contributed by atoms with van der Waals surface area (Å²) in [5, 5.41) is 26.6. The SMILES string of the molecule is CCCCCCCCC=CCCCCCCCC(=O)O.Nc1ccn([C@@H]2O[C@H](CO)[C@@H](O)C2(F)F)c(=O)n1. The van der Waals surface area contributed by atoms with Crippen molar-refractivity contribution < 1.29 is 33.6 Å². The normalized spacial score (nSPS) is 20.4. The molecule has 0 spiro atoms. The first-order valence-corrected chi connectivity index (χ1v) is 13.7. The van der Waals surface area contributed by atoms with E-state index in [0.717, 1.165) is 25.1 Å². The molecule has 9 nitrogen and oxygen atoms in total. The van der Waals surface area contributed by atoms with Crippen LogP contribution < -0.4 is 11.4 Å². The standard InChI is InChI=1S/C18H34O2.C9H11F2N3O4/c1-2-3-4-5-6-7-8-9-10-11-12-13-14-15-16-17-18(19)20;10-9(11)6(16)4(3-15)18-7(9)14-2-1-5(12)13-8(14)17/h9-10H,2-8,11-17H2,1H3,(H,19,20);1-2,4,6-7,15-16H,3H2,(H2,12,13,17)/t;4-,6-,7-/m.1/s1. The highest BCUT2D eigenvalue weighted by molar-refractivity contribution is 5.66. The summed E-state index contributed by atoms with van der Waals surface area (Å²) in [6.07, 6.45) is 16.6. The summed E-state index contributed by atoms with van der Waals surface area (Å²) < 4.78 is 32.7. The molecule has 1 fully saturated rings. The fraction of sp³-hybridized carbons (Fsp3) is 0.741. The number of rotatable bonds is 17. The molecule has 1 aliphatic rings. The summed E-state index contributed by atoms with van der Waals surface area (Å²) in [5.41, 5.74) is 4.21. The van der Waals surface area contributed by atoms with Gasteiger partial charge in [-0.15, -0.1) is 0 Å². The van der Waals surface area contributed by atoms with Gasteiger partial charge in [-0.05, 0) is 38.2 Å². The molecule has 0 aromatic carbocycles. The number of ether oxygens (including phenoxy) is 1. The van der Waals surface area contributed by atoms with Gasteiger partial charge in [0.2, 0.25) is 6.23 Å². The van der Waals surface area contributed by atoms with Crippen LogP contribution in [0.4, 0.5) is 14.6 Å². The van der Waals surface area contributed by atoms with Crippen LogP contribution in [0.5, 0.6) is 0 Å². The Morgan fingerprint density at radius 2 is 1.63 bits per heavy atom. The number of nitrogens with zero attached hydrogens (tertiary/aromatic N) is 2. The third kappa shape index (κ3) is 12.4. The minimum absolute atomic E-state index is 0.114. The number of aliphatic hydroxyl groups excluding tert-OH is 2. The minimum atomic E-state index is -3.71. The highest BCUT2D eigenvalue weighted by Gasteiger charge is 2.59. The predicted molar refractivity (Wildman–Crippen MR) is 142 cm³/mol. The van der Waals surface area contributed by atoms with Crippen LogP contribution in [0.1, 0.15) is 103 Å². The molecule has 0 aliphatic carbocycles. The zero-order valence-electron chi connectivity index (χ0n) is 22.4. The highest BCUT2D eigenvalue weighted by atomic mass is 19.3. The number of carbonyl (C=O) groups is 1. The topological polar surface area (TPSA) is 148 Å². The van der Waals surface area contributed by atoms with Crippen molar-refractivity contribution in [2.75, 3.05) is 12.3 Å². The van der Waals surface area contributed by atoms with E-state index in [0.29, 0.717) is 11.0 Å². The molecule has 2 rings (SSSR count). The van der Waals surface area contributed by atoms with E-state index in [9.17, 15) is 23.5 Å². The van der Waals surface area contributed by atoms with Crippen molar-refractivity contribution in [3.05, 3.63) is 34.9 Å². The molecule has 3 atom stereocenters. The number of alkyl halides is 2. The van der Waals surface area contributed by atoms with Crippen molar-refractivity contribution in [1.82, 2.24) is 9.55 Å². The number of nitrogen functional groups attached to an aromatic ring is 1. The number of carboxylic acid groups (broad SMARTS) is 1. The third-order valence-corrected chi connectivity index (χ3v) is 6.32. The van der Waals surface area contributed by atoms with Crippen molar-refractivity contribution in [3.63, 3.8) is 0 Å². The van der Waals surface area contributed by atoms with Crippen LogP contribution in [0.25, 0.3) is 0 Å². The molecule has 0 saturated carbocycles. The molecular weight excluding hydrogens is 500 g/mol. The van der Waals surface area contributed by atoms with Crippen molar-refractivity contribution in [2.24, 2.45) is 0 Å². The number of carboxylic acids is 1. The number of aliphatic hydroxyl groups is 2. The van der Waals surface area contributed by atoms with E-state index in [4.69, 9.17) is 20.7 Å². The molecule has 0 bridgehead atoms. The molecule has 1 saturated heterocycles. The summed E-state index contributed by atoms with van der Waals surface area (Å²) in [4.78, 5) is 25.0. The van der Waals surface area contributed by atoms with Crippen LogP contribution in [0.3, 0.4) is 0 Å². The molecule has 38 heavy (non-hydrogen) atoms. The lowest BCUT2D eigenvalue weighted by molar-refractivity contribution is -0.141. The van der Waals surface area contributed by atoms with Crippen molar-refractivity contribution >= 4 is 11.8 Å². The average molecular weight is 546 g/mol. The summed E-state index contributed by atoms with van der Waals surface area (Å²) in [6.45, 7) is 1.47. The Balaban J connectivity index is 0.000000381. The van der Waals surface area contributed by atoms with Crippen LogP contribution in [-0.2, 0) is 9.53 Å². The van der Waals surface area contributed by atoms with Crippen molar-refractivity contribution in [1.29, 1.82) is 0 Å². The Hall–Kier alpha value is -2.37. The van der Waals surface area contributed by atoms with Crippen molar-refractivity contribution in [2.45, 2.75) is 121 Å². The molecule has 0 unspecified atom stereocenters. The predicted octanol–water partition coefficient (Wildman–Crippen LogP) is 4.82. The van der Waals surface area contributed by atoms with E-state index in [-0.39, 0.29) is 5.82 Å². The summed E-state index contributed by atoms with van der Waals surface area (Å²) in [5.74, 6) is -4.49. The number of hydrogen-bond donors (Lipinski definition) is 4. The largest absolute Gasteiger partial charge is 0.481 e. The Morgan fingerprint density at radius 1 is 1.08 bits per heavy atom. The third-order valence-electron chi connectivity index (χ3n) is 6.32. The first-order valence-electron chi connectivity index (χ1n) is 13.7. The minimum Gasteiger partial charge on any atom is -0.481 e. The van der Waals surface area contributed by atoms with Gasteiger partial charge in [0.1, 0.15) is 11.9 Å². The summed E-state index contributed by atoms with van der Waals surface area (Å²) in [6, 6.07) is 1.15. The van der Waals surface area contributed by atoms with E-state index in [1.54, 1.807) is 0 Å². The average Bonchev–Trinajstić information content (AvgIpc) is 3.10. The van der Waals surface area contributed by atoms with Gasteiger partial charge < -0.3 is 25.8 Å². The van der Waals surface area contributed by atoms with Gasteiger partial charge in [-0.1, -0.05) is 70.4 Å². The lowest BCUT2D eigenvalue weighted by Crippen LogP contribution is -2.41. The fourth-order valence-corrected chi connectivity index (χ4v) is 4.07. The van der Waals surface area contributed by atoms with Crippen LogP contribution in [0.2, 0.25) is 0 Å². The monoisotopic (exact) mass is 545 g/mol. The van der Waals surface area contributed by atoms with E-state index in [1.165, 1.54) is 70.6 Å². The second kappa shape index (κ2) is 18.8. The Labute approximate surface area is 223 Å².